The number of amides is 1. The van der Waals surface area contributed by atoms with E-state index >= 15 is 0 Å². The van der Waals surface area contributed by atoms with E-state index < -0.39 is 0 Å². The zero-order valence-electron chi connectivity index (χ0n) is 10.5. The first-order valence-electron chi connectivity index (χ1n) is 5.80. The third-order valence-corrected chi connectivity index (χ3v) is 2.96. The average molecular weight is 210 g/mol. The fraction of sp³-hybridized carbons (Fsp3) is 0.833. The molecule has 0 atom stereocenters. The molecule has 0 unspecified atom stereocenters. The van der Waals surface area contributed by atoms with Crippen molar-refractivity contribution < 1.29 is 4.79 Å². The monoisotopic (exact) mass is 210 g/mol. The van der Waals surface area contributed by atoms with Gasteiger partial charge in [-0.2, -0.15) is 5.10 Å². The summed E-state index contributed by atoms with van der Waals surface area (Å²) in [4.78, 5) is 11.8. The van der Waals surface area contributed by atoms with E-state index in [0.29, 0.717) is 6.42 Å². The van der Waals surface area contributed by atoms with Gasteiger partial charge in [-0.25, -0.2) is 5.01 Å². The summed E-state index contributed by atoms with van der Waals surface area (Å²) in [5, 5.41) is 6.18. The Labute approximate surface area is 92.5 Å². The molecule has 15 heavy (non-hydrogen) atoms. The van der Waals surface area contributed by atoms with Gasteiger partial charge in [0.1, 0.15) is 0 Å². The predicted octanol–water partition coefficient (Wildman–Crippen LogP) is 2.81. The molecule has 0 aliphatic carbocycles. The minimum atomic E-state index is 0.0104. The van der Waals surface area contributed by atoms with Crippen molar-refractivity contribution in [1.82, 2.24) is 5.01 Å². The smallest absolute Gasteiger partial charge is 0.248 e. The third-order valence-electron chi connectivity index (χ3n) is 2.96. The number of carbonyl (C=O) groups excluding carboxylic acids is 1. The summed E-state index contributed by atoms with van der Waals surface area (Å²) in [5.41, 5.74) is 1.02. The molecule has 0 fully saturated rings. The van der Waals surface area contributed by atoms with Gasteiger partial charge in [0, 0.05) is 5.41 Å². The standard InChI is InChI=1S/C12H22N2O/c1-6-9(7-2)14-11(15)8-10(13-14)12(3,4)5/h9H,6-8H2,1-5H3. The molecule has 0 saturated carbocycles. The molecule has 0 aromatic rings. The minimum Gasteiger partial charge on any atom is -0.273 e. The molecular formula is C12H22N2O. The van der Waals surface area contributed by atoms with Gasteiger partial charge in [0.25, 0.3) is 0 Å². The lowest BCUT2D eigenvalue weighted by Crippen LogP contribution is -2.31. The van der Waals surface area contributed by atoms with Crippen LogP contribution in [0.1, 0.15) is 53.9 Å². The second-order valence-corrected chi connectivity index (χ2v) is 5.18. The van der Waals surface area contributed by atoms with E-state index in [4.69, 9.17) is 0 Å². The Morgan fingerprint density at radius 3 is 2.20 bits per heavy atom. The van der Waals surface area contributed by atoms with Crippen molar-refractivity contribution in [3.63, 3.8) is 0 Å². The highest BCUT2D eigenvalue weighted by molar-refractivity contribution is 6.07. The van der Waals surface area contributed by atoms with Crippen molar-refractivity contribution in [2.24, 2.45) is 10.5 Å². The van der Waals surface area contributed by atoms with Crippen LogP contribution in [0.3, 0.4) is 0 Å². The molecule has 1 heterocycles. The van der Waals surface area contributed by atoms with E-state index in [1.807, 2.05) is 0 Å². The summed E-state index contributed by atoms with van der Waals surface area (Å²) in [7, 11) is 0. The topological polar surface area (TPSA) is 32.7 Å². The Bertz CT molecular complexity index is 272. The van der Waals surface area contributed by atoms with E-state index in [0.717, 1.165) is 18.6 Å². The van der Waals surface area contributed by atoms with Crippen molar-refractivity contribution in [3.8, 4) is 0 Å². The normalized spacial score (nSPS) is 17.6. The highest BCUT2D eigenvalue weighted by Gasteiger charge is 2.33. The van der Waals surface area contributed by atoms with Gasteiger partial charge in [-0.15, -0.1) is 0 Å². The maximum absolute atomic E-state index is 11.8. The average Bonchev–Trinajstić information content (AvgIpc) is 2.50. The van der Waals surface area contributed by atoms with Crippen LogP contribution in [-0.2, 0) is 4.79 Å². The Hall–Kier alpha value is -0.860. The molecule has 3 nitrogen and oxygen atoms in total. The summed E-state index contributed by atoms with van der Waals surface area (Å²) in [6.07, 6.45) is 2.45. The van der Waals surface area contributed by atoms with Crippen molar-refractivity contribution in [3.05, 3.63) is 0 Å². The first-order chi connectivity index (χ1) is 6.90. The number of hydrazone groups is 1. The van der Waals surface area contributed by atoms with E-state index in [1.165, 1.54) is 0 Å². The molecule has 0 bridgehead atoms. The first kappa shape index (κ1) is 12.2. The summed E-state index contributed by atoms with van der Waals surface area (Å²) < 4.78 is 0. The van der Waals surface area contributed by atoms with E-state index in [1.54, 1.807) is 5.01 Å². The van der Waals surface area contributed by atoms with Gasteiger partial charge < -0.3 is 0 Å². The Kier molecular flexibility index (Phi) is 3.53. The molecule has 1 amide bonds. The van der Waals surface area contributed by atoms with Crippen LogP contribution in [0.15, 0.2) is 5.10 Å². The molecule has 1 aliphatic rings. The van der Waals surface area contributed by atoms with Gasteiger partial charge in [0.05, 0.1) is 18.2 Å². The summed E-state index contributed by atoms with van der Waals surface area (Å²) in [6, 6.07) is 0.275. The molecule has 1 aliphatic heterocycles. The van der Waals surface area contributed by atoms with Crippen LogP contribution in [0.5, 0.6) is 0 Å². The van der Waals surface area contributed by atoms with Gasteiger partial charge in [-0.05, 0) is 12.8 Å². The van der Waals surface area contributed by atoms with Crippen LogP contribution in [0.25, 0.3) is 0 Å². The van der Waals surface area contributed by atoms with Crippen molar-refractivity contribution >= 4 is 11.6 Å². The molecule has 3 heteroatoms. The predicted molar refractivity (Wildman–Crippen MR) is 62.7 cm³/mol. The SMILES string of the molecule is CCC(CC)N1N=C(C(C)(C)C)CC1=O. The molecule has 0 N–H and O–H groups in total. The second kappa shape index (κ2) is 4.33. The summed E-state index contributed by atoms with van der Waals surface area (Å²) in [5.74, 6) is 0.161. The quantitative estimate of drug-likeness (QED) is 0.705. The van der Waals surface area contributed by atoms with Crippen LogP contribution in [0.2, 0.25) is 0 Å². The van der Waals surface area contributed by atoms with Crippen molar-refractivity contribution in [2.45, 2.75) is 59.9 Å². The van der Waals surface area contributed by atoms with Crippen molar-refractivity contribution in [1.29, 1.82) is 0 Å². The molecule has 0 aromatic carbocycles. The van der Waals surface area contributed by atoms with E-state index in [9.17, 15) is 4.79 Å². The maximum Gasteiger partial charge on any atom is 0.248 e. The molecule has 0 aromatic heterocycles. The Balaban J connectivity index is 2.84. The number of carbonyl (C=O) groups is 1. The Morgan fingerprint density at radius 2 is 1.87 bits per heavy atom. The van der Waals surface area contributed by atoms with Gasteiger partial charge in [0.15, 0.2) is 0 Å². The van der Waals surface area contributed by atoms with Crippen LogP contribution in [0, 0.1) is 5.41 Å². The highest BCUT2D eigenvalue weighted by Crippen LogP contribution is 2.26. The molecule has 86 valence electrons. The lowest BCUT2D eigenvalue weighted by atomic mass is 9.88. The Morgan fingerprint density at radius 1 is 1.33 bits per heavy atom. The first-order valence-corrected chi connectivity index (χ1v) is 5.80. The van der Waals surface area contributed by atoms with Crippen LogP contribution in [0.4, 0.5) is 0 Å². The lowest BCUT2D eigenvalue weighted by molar-refractivity contribution is -0.131. The second-order valence-electron chi connectivity index (χ2n) is 5.18. The van der Waals surface area contributed by atoms with Crippen molar-refractivity contribution in [2.75, 3.05) is 0 Å². The fourth-order valence-corrected chi connectivity index (χ4v) is 1.78. The molecular weight excluding hydrogens is 188 g/mol. The number of nitrogens with zero attached hydrogens (tertiary/aromatic N) is 2. The van der Waals surface area contributed by atoms with E-state index in [2.05, 4.69) is 39.7 Å². The summed E-state index contributed by atoms with van der Waals surface area (Å²) in [6.45, 7) is 10.5. The highest BCUT2D eigenvalue weighted by atomic mass is 16.2. The van der Waals surface area contributed by atoms with Gasteiger partial charge in [0.2, 0.25) is 5.91 Å². The van der Waals surface area contributed by atoms with Crippen LogP contribution >= 0.6 is 0 Å². The molecule has 1 rings (SSSR count). The zero-order valence-corrected chi connectivity index (χ0v) is 10.5. The summed E-state index contributed by atoms with van der Waals surface area (Å²) >= 11 is 0. The molecule has 0 saturated heterocycles. The molecule has 0 spiro atoms. The lowest BCUT2D eigenvalue weighted by Gasteiger charge is -2.22. The maximum atomic E-state index is 11.8. The van der Waals surface area contributed by atoms with Gasteiger partial charge in [-0.3, -0.25) is 4.79 Å². The molecule has 0 radical (unpaired) electrons. The van der Waals surface area contributed by atoms with Gasteiger partial charge in [-0.1, -0.05) is 34.6 Å². The van der Waals surface area contributed by atoms with Crippen LogP contribution < -0.4 is 0 Å². The fourth-order valence-electron chi connectivity index (χ4n) is 1.78. The van der Waals surface area contributed by atoms with Crippen LogP contribution in [-0.4, -0.2) is 22.7 Å². The number of hydrogen-bond donors (Lipinski definition) is 0. The third kappa shape index (κ3) is 2.58. The minimum absolute atomic E-state index is 0.0104. The van der Waals surface area contributed by atoms with Gasteiger partial charge >= 0.3 is 0 Å². The number of rotatable bonds is 3. The largest absolute Gasteiger partial charge is 0.273 e. The zero-order chi connectivity index (χ0) is 11.6. The van der Waals surface area contributed by atoms with E-state index in [-0.39, 0.29) is 17.4 Å². The number of hydrogen-bond acceptors (Lipinski definition) is 2.